The van der Waals surface area contributed by atoms with E-state index in [-0.39, 0.29) is 0 Å². The van der Waals surface area contributed by atoms with Crippen molar-refractivity contribution in [1.82, 2.24) is 9.78 Å². The van der Waals surface area contributed by atoms with Gasteiger partial charge in [0.2, 0.25) is 0 Å². The molecule has 0 amide bonds. The average Bonchev–Trinajstić information content (AvgIpc) is 2.51. The van der Waals surface area contributed by atoms with E-state index >= 15 is 0 Å². The molecule has 2 heteroatoms. The van der Waals surface area contributed by atoms with Gasteiger partial charge in [-0.2, -0.15) is 5.10 Å². The largest absolute Gasteiger partial charge is 0.275 e. The molecule has 0 aromatic carbocycles. The van der Waals surface area contributed by atoms with Crippen LogP contribution in [-0.2, 0) is 7.05 Å². The van der Waals surface area contributed by atoms with Gasteiger partial charge >= 0.3 is 0 Å². The normalized spacial score (nSPS) is 12.3. The highest BCUT2D eigenvalue weighted by atomic mass is 15.2. The lowest BCUT2D eigenvalue weighted by Gasteiger charge is -1.94. The van der Waals surface area contributed by atoms with Gasteiger partial charge < -0.3 is 0 Å². The molecule has 0 aliphatic rings. The molecule has 13 heavy (non-hydrogen) atoms. The van der Waals surface area contributed by atoms with E-state index in [0.29, 0.717) is 0 Å². The predicted octanol–water partition coefficient (Wildman–Crippen LogP) is 2.57. The molecule has 0 bridgehead atoms. The highest BCUT2D eigenvalue weighted by Crippen LogP contribution is 2.12. The first-order valence-electron chi connectivity index (χ1n) is 4.23. The zero-order valence-corrected chi connectivity index (χ0v) is 8.07. The van der Waals surface area contributed by atoms with Crippen LogP contribution >= 0.6 is 0 Å². The first kappa shape index (κ1) is 9.52. The van der Waals surface area contributed by atoms with E-state index in [1.807, 2.05) is 44.5 Å². The standard InChI is InChI=1S/C11H14N2/c1-4-6-10(7-5-2)11-8-9-13(3)12-11/h4-9H,1H2,2-3H3/b7-5-,10-6+. The molecular weight excluding hydrogens is 160 g/mol. The Hall–Kier alpha value is -1.57. The summed E-state index contributed by atoms with van der Waals surface area (Å²) in [6.45, 7) is 5.66. The minimum atomic E-state index is 0.973. The monoisotopic (exact) mass is 174 g/mol. The van der Waals surface area contributed by atoms with Crippen LogP contribution in [0.5, 0.6) is 0 Å². The molecule has 1 aromatic rings. The summed E-state index contributed by atoms with van der Waals surface area (Å²) in [6, 6.07) is 1.98. The number of hydrogen-bond acceptors (Lipinski definition) is 1. The molecule has 0 aliphatic carbocycles. The predicted molar refractivity (Wildman–Crippen MR) is 56.2 cm³/mol. The van der Waals surface area contributed by atoms with Gasteiger partial charge in [0.15, 0.2) is 0 Å². The van der Waals surface area contributed by atoms with Gasteiger partial charge in [-0.3, -0.25) is 4.68 Å². The van der Waals surface area contributed by atoms with E-state index in [2.05, 4.69) is 11.7 Å². The van der Waals surface area contributed by atoms with E-state index in [4.69, 9.17) is 0 Å². The van der Waals surface area contributed by atoms with Crippen LogP contribution in [0.4, 0.5) is 0 Å². The fourth-order valence-corrected chi connectivity index (χ4v) is 1.10. The minimum absolute atomic E-state index is 0.973. The lowest BCUT2D eigenvalue weighted by atomic mass is 10.1. The zero-order valence-electron chi connectivity index (χ0n) is 8.07. The third-order valence-corrected chi connectivity index (χ3v) is 1.65. The molecular formula is C11H14N2. The molecule has 0 atom stereocenters. The Bertz CT molecular complexity index is 343. The van der Waals surface area contributed by atoms with E-state index in [9.17, 15) is 0 Å². The lowest BCUT2D eigenvalue weighted by Crippen LogP contribution is -1.89. The van der Waals surface area contributed by atoms with Crippen LogP contribution in [0.15, 0.2) is 43.1 Å². The maximum absolute atomic E-state index is 4.30. The zero-order chi connectivity index (χ0) is 9.68. The van der Waals surface area contributed by atoms with Crippen molar-refractivity contribution < 1.29 is 0 Å². The average molecular weight is 174 g/mol. The second kappa shape index (κ2) is 4.45. The van der Waals surface area contributed by atoms with Crippen LogP contribution < -0.4 is 0 Å². The highest BCUT2D eigenvalue weighted by Gasteiger charge is 1.98. The molecule has 0 N–H and O–H groups in total. The molecule has 1 heterocycles. The first-order valence-corrected chi connectivity index (χ1v) is 4.23. The van der Waals surface area contributed by atoms with Crippen molar-refractivity contribution in [2.45, 2.75) is 6.92 Å². The van der Waals surface area contributed by atoms with Gasteiger partial charge in [0.1, 0.15) is 0 Å². The maximum atomic E-state index is 4.30. The summed E-state index contributed by atoms with van der Waals surface area (Å²) in [6.07, 6.45) is 9.65. The van der Waals surface area contributed by atoms with Gasteiger partial charge in [-0.1, -0.05) is 30.9 Å². The molecule has 2 nitrogen and oxygen atoms in total. The van der Waals surface area contributed by atoms with Crippen molar-refractivity contribution >= 4 is 5.57 Å². The highest BCUT2D eigenvalue weighted by molar-refractivity contribution is 5.72. The molecule has 0 saturated carbocycles. The smallest absolute Gasteiger partial charge is 0.0922 e. The fourth-order valence-electron chi connectivity index (χ4n) is 1.10. The van der Waals surface area contributed by atoms with Crippen molar-refractivity contribution in [2.75, 3.05) is 0 Å². The third kappa shape index (κ3) is 2.44. The number of aromatic nitrogens is 2. The van der Waals surface area contributed by atoms with Gasteiger partial charge in [0.05, 0.1) is 5.69 Å². The Labute approximate surface area is 78.9 Å². The second-order valence-corrected chi connectivity index (χ2v) is 2.73. The van der Waals surface area contributed by atoms with Crippen LogP contribution in [0.1, 0.15) is 12.6 Å². The quantitative estimate of drug-likeness (QED) is 0.644. The Kier molecular flexibility index (Phi) is 3.26. The van der Waals surface area contributed by atoms with E-state index < -0.39 is 0 Å². The van der Waals surface area contributed by atoms with E-state index in [1.54, 1.807) is 10.8 Å². The molecule has 1 aromatic heterocycles. The number of rotatable bonds is 3. The molecule has 0 spiro atoms. The number of nitrogens with zero attached hydrogens (tertiary/aromatic N) is 2. The Morgan fingerprint density at radius 3 is 2.85 bits per heavy atom. The number of hydrogen-bond donors (Lipinski definition) is 0. The summed E-state index contributed by atoms with van der Waals surface area (Å²) in [5.41, 5.74) is 2.05. The number of aryl methyl sites for hydroxylation is 1. The molecule has 0 unspecified atom stereocenters. The van der Waals surface area contributed by atoms with Crippen molar-refractivity contribution in [3.05, 3.63) is 48.8 Å². The summed E-state index contributed by atoms with van der Waals surface area (Å²) in [7, 11) is 1.91. The Morgan fingerprint density at radius 1 is 1.62 bits per heavy atom. The van der Waals surface area contributed by atoms with Crippen molar-refractivity contribution in [2.24, 2.45) is 7.05 Å². The third-order valence-electron chi connectivity index (χ3n) is 1.65. The first-order chi connectivity index (χ1) is 6.27. The van der Waals surface area contributed by atoms with Gasteiger partial charge in [-0.15, -0.1) is 0 Å². The summed E-state index contributed by atoms with van der Waals surface area (Å²) < 4.78 is 1.79. The van der Waals surface area contributed by atoms with Crippen LogP contribution in [0.2, 0.25) is 0 Å². The lowest BCUT2D eigenvalue weighted by molar-refractivity contribution is 0.763. The Morgan fingerprint density at radius 2 is 2.38 bits per heavy atom. The Balaban J connectivity index is 3.01. The SMILES string of the molecule is C=C/C=C(\C=C/C)c1ccn(C)n1. The van der Waals surface area contributed by atoms with Crippen LogP contribution in [0, 0.1) is 0 Å². The van der Waals surface area contributed by atoms with Crippen LogP contribution in [0.3, 0.4) is 0 Å². The topological polar surface area (TPSA) is 17.8 Å². The van der Waals surface area contributed by atoms with E-state index in [1.165, 1.54) is 0 Å². The van der Waals surface area contributed by atoms with Gasteiger partial charge in [-0.05, 0) is 13.0 Å². The van der Waals surface area contributed by atoms with Gasteiger partial charge in [-0.25, -0.2) is 0 Å². The van der Waals surface area contributed by atoms with Crippen molar-refractivity contribution in [3.63, 3.8) is 0 Å². The van der Waals surface area contributed by atoms with Gasteiger partial charge in [0, 0.05) is 18.8 Å². The summed E-state index contributed by atoms with van der Waals surface area (Å²) in [4.78, 5) is 0. The van der Waals surface area contributed by atoms with Crippen molar-refractivity contribution in [3.8, 4) is 0 Å². The molecule has 1 rings (SSSR count). The molecule has 0 aliphatic heterocycles. The van der Waals surface area contributed by atoms with Gasteiger partial charge in [0.25, 0.3) is 0 Å². The van der Waals surface area contributed by atoms with Crippen LogP contribution in [-0.4, -0.2) is 9.78 Å². The minimum Gasteiger partial charge on any atom is -0.275 e. The molecule has 68 valence electrons. The summed E-state index contributed by atoms with van der Waals surface area (Å²) in [5.74, 6) is 0. The fraction of sp³-hybridized carbons (Fsp3) is 0.182. The molecule has 0 saturated heterocycles. The second-order valence-electron chi connectivity index (χ2n) is 2.73. The summed E-state index contributed by atoms with van der Waals surface area (Å²) in [5, 5.41) is 4.30. The maximum Gasteiger partial charge on any atom is 0.0922 e. The molecule has 0 fully saturated rings. The molecule has 0 radical (unpaired) electrons. The van der Waals surface area contributed by atoms with Crippen LogP contribution in [0.25, 0.3) is 5.57 Å². The summed E-state index contributed by atoms with van der Waals surface area (Å²) >= 11 is 0. The van der Waals surface area contributed by atoms with E-state index in [0.717, 1.165) is 11.3 Å². The number of allylic oxidation sites excluding steroid dienone is 5. The van der Waals surface area contributed by atoms with Crippen molar-refractivity contribution in [1.29, 1.82) is 0 Å².